The highest BCUT2D eigenvalue weighted by atomic mass is 16.3. The van der Waals surface area contributed by atoms with Crippen molar-refractivity contribution in [3.8, 4) is 5.75 Å². The summed E-state index contributed by atoms with van der Waals surface area (Å²) in [4.78, 5) is 11.4. The van der Waals surface area contributed by atoms with Crippen molar-refractivity contribution in [1.29, 1.82) is 0 Å². The van der Waals surface area contributed by atoms with Crippen LogP contribution >= 0.6 is 0 Å². The molecule has 0 saturated heterocycles. The standard InChI is InChI=1S/C11H16N2O2/c1-7(2)12-11(15)13-10-5-4-9(14)6-8(10)3/h4-7,14H,1-3H3,(H2,12,13,15). The van der Waals surface area contributed by atoms with E-state index in [4.69, 9.17) is 0 Å². The van der Waals surface area contributed by atoms with Gasteiger partial charge in [0.05, 0.1) is 0 Å². The lowest BCUT2D eigenvalue weighted by Crippen LogP contribution is -2.34. The number of urea groups is 1. The highest BCUT2D eigenvalue weighted by Gasteiger charge is 2.05. The molecular weight excluding hydrogens is 192 g/mol. The second-order valence-corrected chi connectivity index (χ2v) is 3.75. The van der Waals surface area contributed by atoms with E-state index in [0.29, 0.717) is 5.69 Å². The summed E-state index contributed by atoms with van der Waals surface area (Å²) in [5.74, 6) is 0.197. The number of aromatic hydroxyl groups is 1. The van der Waals surface area contributed by atoms with Crippen LogP contribution in [0, 0.1) is 6.92 Å². The minimum absolute atomic E-state index is 0.0995. The summed E-state index contributed by atoms with van der Waals surface area (Å²) in [6.45, 7) is 5.61. The summed E-state index contributed by atoms with van der Waals surface area (Å²) in [5, 5.41) is 14.6. The van der Waals surface area contributed by atoms with Gasteiger partial charge in [0.25, 0.3) is 0 Å². The molecule has 0 aliphatic heterocycles. The van der Waals surface area contributed by atoms with Crippen molar-refractivity contribution in [2.75, 3.05) is 5.32 Å². The van der Waals surface area contributed by atoms with Crippen molar-refractivity contribution in [3.05, 3.63) is 23.8 Å². The quantitative estimate of drug-likeness (QED) is 0.653. The molecule has 4 heteroatoms. The molecule has 2 amide bonds. The minimum Gasteiger partial charge on any atom is -0.508 e. The Morgan fingerprint density at radius 3 is 2.60 bits per heavy atom. The van der Waals surface area contributed by atoms with Crippen LogP contribution in [0.15, 0.2) is 18.2 Å². The molecule has 0 fully saturated rings. The molecule has 0 aromatic heterocycles. The molecule has 15 heavy (non-hydrogen) atoms. The lowest BCUT2D eigenvalue weighted by atomic mass is 10.2. The Morgan fingerprint density at radius 1 is 1.40 bits per heavy atom. The van der Waals surface area contributed by atoms with E-state index in [0.717, 1.165) is 5.56 Å². The lowest BCUT2D eigenvalue weighted by molar-refractivity contribution is 0.250. The number of amides is 2. The van der Waals surface area contributed by atoms with E-state index in [1.807, 2.05) is 20.8 Å². The number of phenols is 1. The number of benzene rings is 1. The van der Waals surface area contributed by atoms with Gasteiger partial charge in [0.15, 0.2) is 0 Å². The second-order valence-electron chi connectivity index (χ2n) is 3.75. The van der Waals surface area contributed by atoms with Crippen LogP contribution in [0.25, 0.3) is 0 Å². The largest absolute Gasteiger partial charge is 0.508 e. The number of nitrogens with one attached hydrogen (secondary N) is 2. The Bertz CT molecular complexity index is 362. The fourth-order valence-corrected chi connectivity index (χ4v) is 1.21. The third-order valence-corrected chi connectivity index (χ3v) is 1.88. The van der Waals surface area contributed by atoms with Gasteiger partial charge >= 0.3 is 6.03 Å². The van der Waals surface area contributed by atoms with Crippen LogP contribution in [0.4, 0.5) is 10.5 Å². The molecule has 0 saturated carbocycles. The van der Waals surface area contributed by atoms with Crippen LogP contribution < -0.4 is 10.6 Å². The van der Waals surface area contributed by atoms with E-state index in [1.54, 1.807) is 12.1 Å². The van der Waals surface area contributed by atoms with Crippen molar-refractivity contribution in [1.82, 2.24) is 5.32 Å². The highest BCUT2D eigenvalue weighted by molar-refractivity contribution is 5.90. The van der Waals surface area contributed by atoms with Gasteiger partial charge in [-0.05, 0) is 44.5 Å². The van der Waals surface area contributed by atoms with Crippen molar-refractivity contribution in [3.63, 3.8) is 0 Å². The molecule has 82 valence electrons. The van der Waals surface area contributed by atoms with Crippen LogP contribution in [-0.2, 0) is 0 Å². The molecule has 1 aromatic rings. The monoisotopic (exact) mass is 208 g/mol. The molecule has 0 heterocycles. The first-order valence-electron chi connectivity index (χ1n) is 4.86. The zero-order valence-corrected chi connectivity index (χ0v) is 9.16. The molecule has 1 aromatic carbocycles. The first-order valence-corrected chi connectivity index (χ1v) is 4.86. The molecule has 0 aliphatic carbocycles. The van der Waals surface area contributed by atoms with Crippen LogP contribution in [0.1, 0.15) is 19.4 Å². The molecule has 0 spiro atoms. The predicted molar refractivity (Wildman–Crippen MR) is 60.1 cm³/mol. The maximum atomic E-state index is 11.4. The number of aryl methyl sites for hydroxylation is 1. The Morgan fingerprint density at radius 2 is 2.07 bits per heavy atom. The number of carbonyl (C=O) groups is 1. The summed E-state index contributed by atoms with van der Waals surface area (Å²) in [7, 11) is 0. The average Bonchev–Trinajstić information content (AvgIpc) is 2.08. The summed E-state index contributed by atoms with van der Waals surface area (Å²) < 4.78 is 0. The Labute approximate surface area is 89.3 Å². The van der Waals surface area contributed by atoms with Crippen LogP contribution in [0.2, 0.25) is 0 Å². The summed E-state index contributed by atoms with van der Waals surface area (Å²) in [5.41, 5.74) is 1.53. The first-order chi connectivity index (χ1) is 6.99. The Kier molecular flexibility index (Phi) is 3.55. The zero-order valence-electron chi connectivity index (χ0n) is 9.16. The maximum Gasteiger partial charge on any atom is 0.319 e. The van der Waals surface area contributed by atoms with Crippen LogP contribution in [0.5, 0.6) is 5.75 Å². The van der Waals surface area contributed by atoms with Gasteiger partial charge in [-0.1, -0.05) is 0 Å². The van der Waals surface area contributed by atoms with Crippen LogP contribution in [-0.4, -0.2) is 17.2 Å². The van der Waals surface area contributed by atoms with Gasteiger partial charge in [-0.2, -0.15) is 0 Å². The normalized spacial score (nSPS) is 10.1. The molecular formula is C11H16N2O2. The zero-order chi connectivity index (χ0) is 11.4. The van der Waals surface area contributed by atoms with E-state index in [1.165, 1.54) is 6.07 Å². The molecule has 0 atom stereocenters. The predicted octanol–water partition coefficient (Wildman–Crippen LogP) is 2.23. The number of hydrogen-bond acceptors (Lipinski definition) is 2. The number of anilines is 1. The van der Waals surface area contributed by atoms with E-state index >= 15 is 0 Å². The van der Waals surface area contributed by atoms with Gasteiger partial charge in [-0.25, -0.2) is 4.79 Å². The van der Waals surface area contributed by atoms with Gasteiger partial charge in [0.1, 0.15) is 5.75 Å². The van der Waals surface area contributed by atoms with Gasteiger partial charge in [-0.3, -0.25) is 0 Å². The number of phenolic OH excluding ortho intramolecular Hbond substituents is 1. The molecule has 1 rings (SSSR count). The van der Waals surface area contributed by atoms with Crippen molar-refractivity contribution in [2.24, 2.45) is 0 Å². The van der Waals surface area contributed by atoms with E-state index in [9.17, 15) is 9.90 Å². The molecule has 0 aliphatic rings. The molecule has 0 bridgehead atoms. The Hall–Kier alpha value is -1.71. The number of carbonyl (C=O) groups excluding carboxylic acids is 1. The van der Waals surface area contributed by atoms with Gasteiger partial charge in [0, 0.05) is 11.7 Å². The molecule has 0 unspecified atom stereocenters. The topological polar surface area (TPSA) is 61.4 Å². The number of hydrogen-bond donors (Lipinski definition) is 3. The minimum atomic E-state index is -0.237. The van der Waals surface area contributed by atoms with Gasteiger partial charge < -0.3 is 15.7 Å². The lowest BCUT2D eigenvalue weighted by Gasteiger charge is -2.11. The molecule has 3 N–H and O–H groups in total. The average molecular weight is 208 g/mol. The second kappa shape index (κ2) is 4.68. The van der Waals surface area contributed by atoms with Gasteiger partial charge in [-0.15, -0.1) is 0 Å². The summed E-state index contributed by atoms with van der Waals surface area (Å²) in [6.07, 6.45) is 0. The summed E-state index contributed by atoms with van der Waals surface area (Å²) in [6, 6.07) is 4.68. The van der Waals surface area contributed by atoms with Crippen molar-refractivity contribution in [2.45, 2.75) is 26.8 Å². The van der Waals surface area contributed by atoms with E-state index < -0.39 is 0 Å². The summed E-state index contributed by atoms with van der Waals surface area (Å²) >= 11 is 0. The van der Waals surface area contributed by atoms with Gasteiger partial charge in [0.2, 0.25) is 0 Å². The van der Waals surface area contributed by atoms with Crippen LogP contribution in [0.3, 0.4) is 0 Å². The fourth-order valence-electron chi connectivity index (χ4n) is 1.21. The highest BCUT2D eigenvalue weighted by Crippen LogP contribution is 2.19. The maximum absolute atomic E-state index is 11.4. The van der Waals surface area contributed by atoms with Crippen molar-refractivity contribution >= 4 is 11.7 Å². The van der Waals surface area contributed by atoms with E-state index in [-0.39, 0.29) is 17.8 Å². The number of rotatable bonds is 2. The van der Waals surface area contributed by atoms with Crippen molar-refractivity contribution < 1.29 is 9.90 Å². The fraction of sp³-hybridized carbons (Fsp3) is 0.364. The molecule has 0 radical (unpaired) electrons. The smallest absolute Gasteiger partial charge is 0.319 e. The van der Waals surface area contributed by atoms with E-state index in [2.05, 4.69) is 10.6 Å². The third kappa shape index (κ3) is 3.50. The SMILES string of the molecule is Cc1cc(O)ccc1NC(=O)NC(C)C. The third-order valence-electron chi connectivity index (χ3n) is 1.88. The molecule has 4 nitrogen and oxygen atoms in total. The first kappa shape index (κ1) is 11.4. The Balaban J connectivity index is 2.68.